The van der Waals surface area contributed by atoms with Crippen molar-refractivity contribution in [3.63, 3.8) is 0 Å². The van der Waals surface area contributed by atoms with Gasteiger partial charge in [0, 0.05) is 6.54 Å². The van der Waals surface area contributed by atoms with Crippen LogP contribution in [0.2, 0.25) is 0 Å². The van der Waals surface area contributed by atoms with E-state index in [1.165, 1.54) is 24.6 Å². The Morgan fingerprint density at radius 2 is 1.80 bits per heavy atom. The van der Waals surface area contributed by atoms with Crippen molar-refractivity contribution in [2.45, 2.75) is 59.0 Å². The van der Waals surface area contributed by atoms with Gasteiger partial charge in [-0.15, -0.1) is 0 Å². The van der Waals surface area contributed by atoms with Gasteiger partial charge in [0.2, 0.25) is 0 Å². The van der Waals surface area contributed by atoms with Gasteiger partial charge in [0.25, 0.3) is 5.91 Å². The van der Waals surface area contributed by atoms with Crippen molar-refractivity contribution in [2.75, 3.05) is 6.54 Å². The minimum Gasteiger partial charge on any atom is -0.481 e. The summed E-state index contributed by atoms with van der Waals surface area (Å²) in [5.74, 6) is 1.30. The van der Waals surface area contributed by atoms with E-state index < -0.39 is 6.10 Å². The van der Waals surface area contributed by atoms with Crippen molar-refractivity contribution in [1.29, 1.82) is 0 Å². The van der Waals surface area contributed by atoms with Gasteiger partial charge < -0.3 is 10.1 Å². The van der Waals surface area contributed by atoms with E-state index in [0.717, 1.165) is 24.1 Å². The molecule has 0 aromatic heterocycles. The highest BCUT2D eigenvalue weighted by Crippen LogP contribution is 2.22. The maximum absolute atomic E-state index is 12.5. The van der Waals surface area contributed by atoms with Crippen molar-refractivity contribution < 1.29 is 9.53 Å². The third-order valence-corrected chi connectivity index (χ3v) is 4.77. The molecule has 136 valence electrons. The molecule has 2 aromatic carbocycles. The van der Waals surface area contributed by atoms with E-state index in [1.807, 2.05) is 37.3 Å². The van der Waals surface area contributed by atoms with Crippen molar-refractivity contribution in [3.8, 4) is 5.75 Å². The number of rotatable bonds is 10. The number of benzene rings is 2. The highest BCUT2D eigenvalue weighted by molar-refractivity contribution is 5.84. The molecule has 0 aliphatic carbocycles. The molecule has 0 aliphatic rings. The molecular weight excluding hydrogens is 310 g/mol. The van der Waals surface area contributed by atoms with E-state index in [1.54, 1.807) is 0 Å². The average Bonchev–Trinajstić information content (AvgIpc) is 2.65. The quantitative estimate of drug-likeness (QED) is 0.634. The van der Waals surface area contributed by atoms with Crippen LogP contribution in [0.15, 0.2) is 42.5 Å². The molecule has 0 fully saturated rings. The molecule has 25 heavy (non-hydrogen) atoms. The van der Waals surface area contributed by atoms with E-state index in [4.69, 9.17) is 4.74 Å². The molecule has 3 heteroatoms. The minimum atomic E-state index is -0.440. The number of ether oxygens (including phenoxy) is 1. The van der Waals surface area contributed by atoms with Crippen molar-refractivity contribution in [2.24, 2.45) is 5.92 Å². The average molecular weight is 341 g/mol. The first-order valence-corrected chi connectivity index (χ1v) is 9.61. The largest absolute Gasteiger partial charge is 0.481 e. The van der Waals surface area contributed by atoms with E-state index >= 15 is 0 Å². The van der Waals surface area contributed by atoms with Gasteiger partial charge in [-0.1, -0.05) is 70.4 Å². The Bertz CT molecular complexity index is 668. The number of hydrogen-bond acceptors (Lipinski definition) is 2. The molecule has 1 N–H and O–H groups in total. The summed E-state index contributed by atoms with van der Waals surface area (Å²) in [6.07, 6.45) is 4.92. The lowest BCUT2D eigenvalue weighted by molar-refractivity contribution is -0.128. The zero-order valence-corrected chi connectivity index (χ0v) is 15.8. The van der Waals surface area contributed by atoms with Gasteiger partial charge in [-0.05, 0) is 41.7 Å². The van der Waals surface area contributed by atoms with Crippen LogP contribution in [-0.2, 0) is 4.79 Å². The molecule has 2 aromatic rings. The van der Waals surface area contributed by atoms with Crippen LogP contribution in [0.5, 0.6) is 5.75 Å². The Labute approximate surface area is 151 Å². The lowest BCUT2D eigenvalue weighted by Crippen LogP contribution is -2.40. The van der Waals surface area contributed by atoms with Crippen LogP contribution in [-0.4, -0.2) is 18.6 Å². The highest BCUT2D eigenvalue weighted by Gasteiger charge is 2.19. The van der Waals surface area contributed by atoms with Crippen LogP contribution >= 0.6 is 0 Å². The normalized spacial score (nSPS) is 13.4. The van der Waals surface area contributed by atoms with Gasteiger partial charge in [-0.2, -0.15) is 0 Å². The fourth-order valence-electron chi connectivity index (χ4n) is 3.03. The van der Waals surface area contributed by atoms with Crippen LogP contribution in [0.4, 0.5) is 0 Å². The number of unbranched alkanes of at least 4 members (excludes halogenated alkanes) is 1. The summed E-state index contributed by atoms with van der Waals surface area (Å²) in [5, 5.41) is 5.39. The van der Waals surface area contributed by atoms with Gasteiger partial charge in [0.05, 0.1) is 0 Å². The summed E-state index contributed by atoms with van der Waals surface area (Å²) in [6.45, 7) is 7.12. The van der Waals surface area contributed by atoms with Crippen LogP contribution in [0.1, 0.15) is 52.9 Å². The number of hydrogen-bond donors (Lipinski definition) is 1. The Hall–Kier alpha value is -2.03. The third-order valence-electron chi connectivity index (χ3n) is 4.77. The van der Waals surface area contributed by atoms with E-state index in [0.29, 0.717) is 12.3 Å². The smallest absolute Gasteiger partial charge is 0.261 e. The monoisotopic (exact) mass is 341 g/mol. The second-order valence-electron chi connectivity index (χ2n) is 6.69. The molecule has 0 aliphatic heterocycles. The van der Waals surface area contributed by atoms with E-state index in [2.05, 4.69) is 31.3 Å². The maximum atomic E-state index is 12.5. The molecule has 1 amide bonds. The van der Waals surface area contributed by atoms with E-state index in [9.17, 15) is 4.79 Å². The molecule has 0 saturated carbocycles. The van der Waals surface area contributed by atoms with Gasteiger partial charge in [-0.3, -0.25) is 4.79 Å². The van der Waals surface area contributed by atoms with Gasteiger partial charge >= 0.3 is 0 Å². The third kappa shape index (κ3) is 5.77. The molecule has 0 saturated heterocycles. The Balaban J connectivity index is 1.94. The molecule has 0 unspecified atom stereocenters. The lowest BCUT2D eigenvalue weighted by Gasteiger charge is -2.20. The first-order chi connectivity index (χ1) is 12.2. The van der Waals surface area contributed by atoms with Crippen LogP contribution in [0.25, 0.3) is 10.8 Å². The van der Waals surface area contributed by atoms with Crippen LogP contribution in [0.3, 0.4) is 0 Å². The minimum absolute atomic E-state index is 0.00870. The summed E-state index contributed by atoms with van der Waals surface area (Å²) in [5.41, 5.74) is 0. The molecule has 2 rings (SSSR count). The number of carbonyl (C=O) groups excluding carboxylic acids is 1. The molecule has 3 nitrogen and oxygen atoms in total. The molecule has 2 atom stereocenters. The summed E-state index contributed by atoms with van der Waals surface area (Å²) in [6, 6.07) is 14.1. The number of fused-ring (bicyclic) bond motifs is 1. The van der Waals surface area contributed by atoms with Crippen molar-refractivity contribution >= 4 is 16.7 Å². The highest BCUT2D eigenvalue weighted by atomic mass is 16.5. The fourth-order valence-corrected chi connectivity index (χ4v) is 3.03. The number of carbonyl (C=O) groups is 1. The van der Waals surface area contributed by atoms with Crippen LogP contribution in [0, 0.1) is 5.92 Å². The summed E-state index contributed by atoms with van der Waals surface area (Å²) in [4.78, 5) is 12.5. The topological polar surface area (TPSA) is 38.3 Å². The number of amides is 1. The molecule has 0 bridgehead atoms. The van der Waals surface area contributed by atoms with E-state index in [-0.39, 0.29) is 5.91 Å². The van der Waals surface area contributed by atoms with Crippen molar-refractivity contribution in [1.82, 2.24) is 5.32 Å². The standard InChI is InChI=1S/C22H31NO2/c1-4-7-10-17(5-2)16-23-22(24)21(6-3)25-20-14-13-18-11-8-9-12-19(18)15-20/h8-9,11-15,17,21H,4-7,10,16H2,1-3H3,(H,23,24)/t17-,21-/m0/s1. The van der Waals surface area contributed by atoms with Gasteiger partial charge in [0.1, 0.15) is 5.75 Å². The first kappa shape index (κ1) is 19.3. The Morgan fingerprint density at radius 3 is 2.48 bits per heavy atom. The molecule has 0 heterocycles. The van der Waals surface area contributed by atoms with Gasteiger partial charge in [0.15, 0.2) is 6.10 Å². The lowest BCUT2D eigenvalue weighted by atomic mass is 9.99. The van der Waals surface area contributed by atoms with Crippen molar-refractivity contribution in [3.05, 3.63) is 42.5 Å². The predicted molar refractivity (Wildman–Crippen MR) is 105 cm³/mol. The molecular formula is C22H31NO2. The Morgan fingerprint density at radius 1 is 1.04 bits per heavy atom. The van der Waals surface area contributed by atoms with Crippen LogP contribution < -0.4 is 10.1 Å². The maximum Gasteiger partial charge on any atom is 0.261 e. The van der Waals surface area contributed by atoms with Gasteiger partial charge in [-0.25, -0.2) is 0 Å². The summed E-state index contributed by atoms with van der Waals surface area (Å²) >= 11 is 0. The summed E-state index contributed by atoms with van der Waals surface area (Å²) in [7, 11) is 0. The molecule has 0 spiro atoms. The fraction of sp³-hybridized carbons (Fsp3) is 0.500. The second-order valence-corrected chi connectivity index (χ2v) is 6.69. The SMILES string of the molecule is CCCC[C@H](CC)CNC(=O)[C@H](CC)Oc1ccc2ccccc2c1. The predicted octanol–water partition coefficient (Wildman–Crippen LogP) is 5.33. The first-order valence-electron chi connectivity index (χ1n) is 9.61. The summed E-state index contributed by atoms with van der Waals surface area (Å²) < 4.78 is 5.97. The second kappa shape index (κ2) is 10.1. The zero-order chi connectivity index (χ0) is 18.1. The Kier molecular flexibility index (Phi) is 7.77. The molecule has 0 radical (unpaired) electrons. The zero-order valence-electron chi connectivity index (χ0n) is 15.8. The number of nitrogens with one attached hydrogen (secondary N) is 1.